The third kappa shape index (κ3) is 5.84. The predicted octanol–water partition coefficient (Wildman–Crippen LogP) is 5.22. The van der Waals surface area contributed by atoms with Crippen LogP contribution in [0.1, 0.15) is 47.5 Å². The monoisotopic (exact) mass is 492 g/mol. The molecule has 5 rings (SSSR count). The van der Waals surface area contributed by atoms with Crippen molar-refractivity contribution in [2.75, 3.05) is 0 Å². The van der Waals surface area contributed by atoms with Crippen LogP contribution in [0.3, 0.4) is 0 Å². The second-order valence-electron chi connectivity index (χ2n) is 9.52. The smallest absolute Gasteiger partial charge is 0.252 e. The fourth-order valence-electron chi connectivity index (χ4n) is 4.88. The number of benzene rings is 3. The molecule has 0 aliphatic heterocycles. The highest BCUT2D eigenvalue weighted by atomic mass is 16.1. The molecule has 37 heavy (non-hydrogen) atoms. The van der Waals surface area contributed by atoms with Gasteiger partial charge in [0.25, 0.3) is 5.56 Å². The van der Waals surface area contributed by atoms with Gasteiger partial charge in [0.1, 0.15) is 0 Å². The number of hydrogen-bond donors (Lipinski definition) is 1. The van der Waals surface area contributed by atoms with Crippen molar-refractivity contribution in [1.82, 2.24) is 30.1 Å². The van der Waals surface area contributed by atoms with Crippen LogP contribution < -0.4 is 5.56 Å². The van der Waals surface area contributed by atoms with Crippen molar-refractivity contribution < 1.29 is 0 Å². The summed E-state index contributed by atoms with van der Waals surface area (Å²) >= 11 is 0. The summed E-state index contributed by atoms with van der Waals surface area (Å²) in [4.78, 5) is 18.5. The van der Waals surface area contributed by atoms with E-state index >= 15 is 0 Å². The summed E-state index contributed by atoms with van der Waals surface area (Å²) in [7, 11) is 0. The second-order valence-corrected chi connectivity index (χ2v) is 9.52. The molecule has 0 saturated carbocycles. The summed E-state index contributed by atoms with van der Waals surface area (Å²) in [6, 6.07) is 28.8. The van der Waals surface area contributed by atoms with Gasteiger partial charge in [0.2, 0.25) is 0 Å². The van der Waals surface area contributed by atoms with Crippen molar-refractivity contribution in [2.45, 2.75) is 52.4 Å². The number of aromatic nitrogens is 5. The Morgan fingerprint density at radius 1 is 0.919 bits per heavy atom. The molecule has 0 bridgehead atoms. The first-order valence-corrected chi connectivity index (χ1v) is 12.8. The van der Waals surface area contributed by atoms with Gasteiger partial charge in [-0.1, -0.05) is 79.7 Å². The average Bonchev–Trinajstić information content (AvgIpc) is 3.38. The van der Waals surface area contributed by atoms with E-state index in [1.54, 1.807) is 0 Å². The highest BCUT2D eigenvalue weighted by Crippen LogP contribution is 2.27. The van der Waals surface area contributed by atoms with Crippen LogP contribution in [0.25, 0.3) is 10.9 Å². The number of H-pyrrole nitrogens is 1. The number of tetrazole rings is 1. The van der Waals surface area contributed by atoms with E-state index in [2.05, 4.69) is 80.9 Å². The van der Waals surface area contributed by atoms with Gasteiger partial charge in [-0.25, -0.2) is 4.68 Å². The van der Waals surface area contributed by atoms with Gasteiger partial charge < -0.3 is 4.98 Å². The molecule has 2 aromatic heterocycles. The molecule has 0 amide bonds. The van der Waals surface area contributed by atoms with E-state index in [0.717, 1.165) is 40.7 Å². The Bertz CT molecular complexity index is 1510. The van der Waals surface area contributed by atoms with Crippen LogP contribution in [-0.4, -0.2) is 30.1 Å². The van der Waals surface area contributed by atoms with Crippen molar-refractivity contribution in [2.24, 2.45) is 0 Å². The normalized spacial score (nSPS) is 12.3. The molecule has 1 atom stereocenters. The van der Waals surface area contributed by atoms with E-state index in [-0.39, 0.29) is 11.6 Å². The Balaban J connectivity index is 1.47. The van der Waals surface area contributed by atoms with E-state index in [9.17, 15) is 4.79 Å². The van der Waals surface area contributed by atoms with Gasteiger partial charge in [-0.2, -0.15) is 0 Å². The number of nitrogens with zero attached hydrogens (tertiary/aromatic N) is 5. The van der Waals surface area contributed by atoms with E-state index in [1.165, 1.54) is 11.1 Å². The predicted molar refractivity (Wildman–Crippen MR) is 146 cm³/mol. The van der Waals surface area contributed by atoms with Crippen molar-refractivity contribution in [3.63, 3.8) is 0 Å². The van der Waals surface area contributed by atoms with Crippen molar-refractivity contribution >= 4 is 10.9 Å². The van der Waals surface area contributed by atoms with Crippen molar-refractivity contribution in [3.8, 4) is 0 Å². The Morgan fingerprint density at radius 2 is 1.65 bits per heavy atom. The third-order valence-electron chi connectivity index (χ3n) is 6.82. The molecule has 5 aromatic rings. The van der Waals surface area contributed by atoms with Crippen LogP contribution in [0, 0.1) is 6.92 Å². The molecular formula is C30H32N6O. The van der Waals surface area contributed by atoms with Gasteiger partial charge in [-0.15, -0.1) is 5.10 Å². The van der Waals surface area contributed by atoms with Crippen molar-refractivity contribution in [1.29, 1.82) is 0 Å². The number of fused-ring (bicyclic) bond motifs is 1. The molecule has 0 unspecified atom stereocenters. The van der Waals surface area contributed by atoms with Crippen LogP contribution in [0.2, 0.25) is 0 Å². The number of aryl methyl sites for hydroxylation is 3. The summed E-state index contributed by atoms with van der Waals surface area (Å²) in [6.45, 7) is 6.03. The Labute approximate surface area is 216 Å². The minimum absolute atomic E-state index is 0.0564. The fraction of sp³-hybridized carbons (Fsp3) is 0.267. The zero-order chi connectivity index (χ0) is 25.6. The van der Waals surface area contributed by atoms with Crippen LogP contribution in [0.4, 0.5) is 0 Å². The number of hydrogen-bond acceptors (Lipinski definition) is 5. The second kappa shape index (κ2) is 11.3. The highest BCUT2D eigenvalue weighted by molar-refractivity contribution is 5.79. The van der Waals surface area contributed by atoms with Crippen LogP contribution >= 0.6 is 0 Å². The first kappa shape index (κ1) is 24.6. The molecule has 0 saturated heterocycles. The first-order chi connectivity index (χ1) is 18.1. The number of rotatable bonds is 10. The van der Waals surface area contributed by atoms with E-state index in [4.69, 9.17) is 0 Å². The minimum Gasteiger partial charge on any atom is -0.322 e. The van der Waals surface area contributed by atoms with Gasteiger partial charge in [-0.05, 0) is 64.4 Å². The van der Waals surface area contributed by atoms with Gasteiger partial charge in [0.15, 0.2) is 5.82 Å². The van der Waals surface area contributed by atoms with Crippen LogP contribution in [0.5, 0.6) is 0 Å². The van der Waals surface area contributed by atoms with Gasteiger partial charge in [0, 0.05) is 30.7 Å². The van der Waals surface area contributed by atoms with Crippen LogP contribution in [-0.2, 0) is 26.1 Å². The molecule has 0 aliphatic rings. The summed E-state index contributed by atoms with van der Waals surface area (Å²) in [5, 5.41) is 13.8. The summed E-state index contributed by atoms with van der Waals surface area (Å²) in [5.74, 6) is 0.821. The zero-order valence-corrected chi connectivity index (χ0v) is 21.3. The van der Waals surface area contributed by atoms with E-state index in [0.29, 0.717) is 19.6 Å². The summed E-state index contributed by atoms with van der Waals surface area (Å²) in [6.07, 6.45) is 1.65. The van der Waals surface area contributed by atoms with Gasteiger partial charge in [0.05, 0.1) is 6.04 Å². The number of nitrogens with one attached hydrogen (secondary N) is 1. The van der Waals surface area contributed by atoms with E-state index < -0.39 is 0 Å². The maximum atomic E-state index is 13.1. The fourth-order valence-corrected chi connectivity index (χ4v) is 4.88. The first-order valence-electron chi connectivity index (χ1n) is 12.8. The molecule has 1 N–H and O–H groups in total. The van der Waals surface area contributed by atoms with Gasteiger partial charge >= 0.3 is 0 Å². The lowest BCUT2D eigenvalue weighted by Gasteiger charge is -2.30. The Kier molecular flexibility index (Phi) is 7.51. The maximum absolute atomic E-state index is 13.1. The SMILES string of the molecule is CC[C@H](c1nnnn1CCc1ccccc1)N(Cc1ccccc1)Cc1cc2ccc(C)cc2[nH]c1=O. The molecule has 0 spiro atoms. The molecule has 0 aliphatic carbocycles. The third-order valence-corrected chi connectivity index (χ3v) is 6.82. The average molecular weight is 493 g/mol. The van der Waals surface area contributed by atoms with Crippen molar-refractivity contribution in [3.05, 3.63) is 123 Å². The number of aromatic amines is 1. The van der Waals surface area contributed by atoms with E-state index in [1.807, 2.05) is 48.0 Å². The Morgan fingerprint density at radius 3 is 2.38 bits per heavy atom. The molecule has 7 nitrogen and oxygen atoms in total. The van der Waals surface area contributed by atoms with Gasteiger partial charge in [-0.3, -0.25) is 9.69 Å². The molecule has 2 heterocycles. The Hall–Kier alpha value is -4.10. The zero-order valence-electron chi connectivity index (χ0n) is 21.3. The molecule has 188 valence electrons. The largest absolute Gasteiger partial charge is 0.322 e. The topological polar surface area (TPSA) is 79.7 Å². The summed E-state index contributed by atoms with van der Waals surface area (Å²) in [5.41, 5.74) is 5.08. The number of pyridine rings is 1. The van der Waals surface area contributed by atoms with Crippen LogP contribution in [0.15, 0.2) is 89.7 Å². The lowest BCUT2D eigenvalue weighted by atomic mass is 10.1. The molecule has 7 heteroatoms. The summed E-state index contributed by atoms with van der Waals surface area (Å²) < 4.78 is 1.91. The molecule has 0 fully saturated rings. The molecular weight excluding hydrogens is 460 g/mol. The highest BCUT2D eigenvalue weighted by Gasteiger charge is 2.26. The lowest BCUT2D eigenvalue weighted by molar-refractivity contribution is 0.160. The quantitative estimate of drug-likeness (QED) is 0.289. The minimum atomic E-state index is -0.0605. The standard InChI is InChI=1S/C30H32N6O/c1-3-28(29-32-33-34-36(29)17-16-23-10-6-4-7-11-23)35(20-24-12-8-5-9-13-24)21-26-19-25-15-14-22(2)18-27(25)31-30(26)37/h4-15,18-19,28H,3,16-17,20-21H2,1-2H3,(H,31,37)/t28-/m1/s1. The maximum Gasteiger partial charge on any atom is 0.252 e. The molecule has 0 radical (unpaired) electrons. The lowest BCUT2D eigenvalue weighted by Crippen LogP contribution is -2.32. The molecule has 3 aromatic carbocycles.